The first-order chi connectivity index (χ1) is 7.02. The molecular weight excluding hydrogens is 210 g/mol. The number of thiazole rings is 1. The van der Waals surface area contributed by atoms with E-state index in [0.717, 1.165) is 17.0 Å². The lowest BCUT2D eigenvalue weighted by molar-refractivity contribution is 0.249. The van der Waals surface area contributed by atoms with E-state index in [1.165, 1.54) is 11.3 Å². The molecule has 1 heterocycles. The largest absolute Gasteiger partial charge is 0.335 e. The van der Waals surface area contributed by atoms with E-state index in [2.05, 4.69) is 15.6 Å². The summed E-state index contributed by atoms with van der Waals surface area (Å²) < 4.78 is 0. The number of nitrogens with zero attached hydrogens (tertiary/aromatic N) is 1. The van der Waals surface area contributed by atoms with Crippen LogP contribution in [0, 0.1) is 13.8 Å². The molecule has 0 saturated carbocycles. The van der Waals surface area contributed by atoms with E-state index in [-0.39, 0.29) is 12.1 Å². The fraction of sp³-hybridized carbons (Fsp3) is 0.600. The Bertz CT molecular complexity index is 329. The van der Waals surface area contributed by atoms with Crippen LogP contribution < -0.4 is 10.6 Å². The van der Waals surface area contributed by atoms with E-state index in [1.54, 1.807) is 0 Å². The van der Waals surface area contributed by atoms with Gasteiger partial charge in [0.15, 0.2) is 5.13 Å². The summed E-state index contributed by atoms with van der Waals surface area (Å²) in [5, 5.41) is 6.21. The number of carbonyl (C=O) groups excluding carboxylic acids is 1. The molecule has 4 nitrogen and oxygen atoms in total. The molecule has 15 heavy (non-hydrogen) atoms. The van der Waals surface area contributed by atoms with Gasteiger partial charge in [-0.3, -0.25) is 5.32 Å². The van der Waals surface area contributed by atoms with Gasteiger partial charge in [-0.05, 0) is 27.2 Å². The quantitative estimate of drug-likeness (QED) is 0.834. The molecule has 84 valence electrons. The molecule has 0 radical (unpaired) electrons. The fourth-order valence-corrected chi connectivity index (χ4v) is 1.79. The predicted octanol–water partition coefficient (Wildman–Crippen LogP) is 2.68. The lowest BCUT2D eigenvalue weighted by Gasteiger charge is -2.10. The molecule has 0 bridgehead atoms. The minimum atomic E-state index is -0.182. The number of nitrogens with one attached hydrogen (secondary N) is 2. The van der Waals surface area contributed by atoms with Gasteiger partial charge in [0.1, 0.15) is 0 Å². The van der Waals surface area contributed by atoms with Crippen LogP contribution in [0.5, 0.6) is 0 Å². The summed E-state index contributed by atoms with van der Waals surface area (Å²) >= 11 is 1.49. The molecule has 0 aliphatic heterocycles. The van der Waals surface area contributed by atoms with Gasteiger partial charge in [0.2, 0.25) is 0 Å². The molecule has 0 aromatic carbocycles. The molecule has 0 spiro atoms. The van der Waals surface area contributed by atoms with Crippen LogP contribution in [0.15, 0.2) is 0 Å². The average molecular weight is 227 g/mol. The van der Waals surface area contributed by atoms with Crippen molar-refractivity contribution in [3.05, 3.63) is 10.6 Å². The molecule has 2 N–H and O–H groups in total. The number of hydrogen-bond donors (Lipinski definition) is 2. The monoisotopic (exact) mass is 227 g/mol. The second-order valence-corrected chi connectivity index (χ2v) is 4.77. The summed E-state index contributed by atoms with van der Waals surface area (Å²) in [5.74, 6) is 0. The van der Waals surface area contributed by atoms with Gasteiger partial charge < -0.3 is 5.32 Å². The van der Waals surface area contributed by atoms with E-state index in [4.69, 9.17) is 0 Å². The van der Waals surface area contributed by atoms with Gasteiger partial charge in [0.25, 0.3) is 0 Å². The van der Waals surface area contributed by atoms with Crippen molar-refractivity contribution < 1.29 is 4.79 Å². The number of urea groups is 1. The Hall–Kier alpha value is -1.10. The van der Waals surface area contributed by atoms with Crippen LogP contribution in [0.25, 0.3) is 0 Å². The highest BCUT2D eigenvalue weighted by molar-refractivity contribution is 7.15. The highest BCUT2D eigenvalue weighted by Gasteiger charge is 2.08. The maximum absolute atomic E-state index is 11.4. The highest BCUT2D eigenvalue weighted by Crippen LogP contribution is 2.20. The van der Waals surface area contributed by atoms with Crippen molar-refractivity contribution in [3.8, 4) is 0 Å². The number of rotatable bonds is 3. The molecule has 1 unspecified atom stereocenters. The van der Waals surface area contributed by atoms with Crippen molar-refractivity contribution in [3.63, 3.8) is 0 Å². The van der Waals surface area contributed by atoms with E-state index < -0.39 is 0 Å². The average Bonchev–Trinajstić information content (AvgIpc) is 2.45. The lowest BCUT2D eigenvalue weighted by atomic mass is 10.3. The van der Waals surface area contributed by atoms with Gasteiger partial charge >= 0.3 is 6.03 Å². The molecule has 0 fully saturated rings. The molecule has 0 saturated heterocycles. The molecule has 1 atom stereocenters. The summed E-state index contributed by atoms with van der Waals surface area (Å²) in [5.41, 5.74) is 0.971. The zero-order valence-corrected chi connectivity index (χ0v) is 10.4. The molecule has 5 heteroatoms. The van der Waals surface area contributed by atoms with Gasteiger partial charge in [0.05, 0.1) is 5.69 Å². The van der Waals surface area contributed by atoms with E-state index in [9.17, 15) is 4.79 Å². The second kappa shape index (κ2) is 5.11. The smallest absolute Gasteiger partial charge is 0.321 e. The number of hydrogen-bond acceptors (Lipinski definition) is 3. The fourth-order valence-electron chi connectivity index (χ4n) is 0.985. The molecule has 1 aromatic rings. The van der Waals surface area contributed by atoms with Crippen LogP contribution in [0.4, 0.5) is 9.93 Å². The van der Waals surface area contributed by atoms with Crippen LogP contribution in [0.3, 0.4) is 0 Å². The number of aryl methyl sites for hydroxylation is 2. The van der Waals surface area contributed by atoms with Crippen LogP contribution >= 0.6 is 11.3 Å². The maximum atomic E-state index is 11.4. The molecule has 1 aromatic heterocycles. The van der Waals surface area contributed by atoms with Crippen LogP contribution in [0.2, 0.25) is 0 Å². The Morgan fingerprint density at radius 2 is 2.20 bits per heavy atom. The van der Waals surface area contributed by atoms with Crippen molar-refractivity contribution in [2.45, 2.75) is 40.2 Å². The molecule has 0 aliphatic carbocycles. The lowest BCUT2D eigenvalue weighted by Crippen LogP contribution is -2.35. The SMILES string of the molecule is CCC(C)NC(=O)Nc1nc(C)c(C)s1. The van der Waals surface area contributed by atoms with Gasteiger partial charge in [-0.2, -0.15) is 0 Å². The number of aromatic nitrogens is 1. The van der Waals surface area contributed by atoms with Crippen LogP contribution in [-0.2, 0) is 0 Å². The molecule has 1 rings (SSSR count). The number of anilines is 1. The first-order valence-electron chi connectivity index (χ1n) is 5.04. The highest BCUT2D eigenvalue weighted by atomic mass is 32.1. The molecular formula is C10H17N3OS. The Morgan fingerprint density at radius 1 is 1.53 bits per heavy atom. The molecule has 0 aliphatic rings. The van der Waals surface area contributed by atoms with Gasteiger partial charge in [-0.1, -0.05) is 6.92 Å². The standard InChI is InChI=1S/C10H17N3OS/c1-5-6(2)11-9(14)13-10-12-7(3)8(4)15-10/h6H,5H2,1-4H3,(H2,11,12,13,14). The van der Waals surface area contributed by atoms with Crippen molar-refractivity contribution in [1.29, 1.82) is 0 Å². The van der Waals surface area contributed by atoms with Crippen molar-refractivity contribution in [2.24, 2.45) is 0 Å². The minimum Gasteiger partial charge on any atom is -0.335 e. The molecule has 2 amide bonds. The van der Waals surface area contributed by atoms with Gasteiger partial charge in [-0.15, -0.1) is 11.3 Å². The predicted molar refractivity (Wildman–Crippen MR) is 63.5 cm³/mol. The van der Waals surface area contributed by atoms with Crippen LogP contribution in [-0.4, -0.2) is 17.1 Å². The Kier molecular flexibility index (Phi) is 4.08. The van der Waals surface area contributed by atoms with Crippen molar-refractivity contribution in [2.75, 3.05) is 5.32 Å². The topological polar surface area (TPSA) is 54.0 Å². The zero-order valence-electron chi connectivity index (χ0n) is 9.55. The Morgan fingerprint density at radius 3 is 2.67 bits per heavy atom. The van der Waals surface area contributed by atoms with E-state index in [0.29, 0.717) is 5.13 Å². The van der Waals surface area contributed by atoms with Gasteiger partial charge in [0, 0.05) is 10.9 Å². The first-order valence-corrected chi connectivity index (χ1v) is 5.86. The Labute approximate surface area is 94.1 Å². The van der Waals surface area contributed by atoms with Crippen molar-refractivity contribution >= 4 is 22.5 Å². The first kappa shape index (κ1) is 12.0. The number of amides is 2. The van der Waals surface area contributed by atoms with Crippen molar-refractivity contribution in [1.82, 2.24) is 10.3 Å². The number of carbonyl (C=O) groups is 1. The minimum absolute atomic E-state index is 0.182. The normalized spacial score (nSPS) is 12.3. The zero-order chi connectivity index (χ0) is 11.4. The third-order valence-corrected chi connectivity index (χ3v) is 3.23. The maximum Gasteiger partial charge on any atom is 0.321 e. The van der Waals surface area contributed by atoms with Gasteiger partial charge in [-0.25, -0.2) is 9.78 Å². The second-order valence-electron chi connectivity index (χ2n) is 3.57. The van der Waals surface area contributed by atoms with Crippen LogP contribution in [0.1, 0.15) is 30.8 Å². The summed E-state index contributed by atoms with van der Waals surface area (Å²) in [6.45, 7) is 7.93. The van der Waals surface area contributed by atoms with E-state index >= 15 is 0 Å². The Balaban J connectivity index is 2.51. The summed E-state index contributed by atoms with van der Waals surface area (Å²) in [6, 6.07) is 0.00487. The summed E-state index contributed by atoms with van der Waals surface area (Å²) in [6.07, 6.45) is 0.920. The summed E-state index contributed by atoms with van der Waals surface area (Å²) in [4.78, 5) is 16.8. The summed E-state index contributed by atoms with van der Waals surface area (Å²) in [7, 11) is 0. The third kappa shape index (κ3) is 3.51. The third-order valence-electron chi connectivity index (χ3n) is 2.24. The van der Waals surface area contributed by atoms with E-state index in [1.807, 2.05) is 27.7 Å².